The van der Waals surface area contributed by atoms with Gasteiger partial charge in [-0.2, -0.15) is 0 Å². The van der Waals surface area contributed by atoms with Crippen molar-refractivity contribution in [3.05, 3.63) is 35.9 Å². The summed E-state index contributed by atoms with van der Waals surface area (Å²) in [6.07, 6.45) is 4.26. The number of hydrogen-bond donors (Lipinski definition) is 1. The molecule has 0 heterocycles. The standard InChI is InChI=1S/C24H36O5/c1-24(2,3)23(26)28-15-19-12-18(13-25)20-10-7-11-21(19)22(20)29-16-27-14-17-8-5-4-6-9-17/h4-6,8-9,18-22,25H,7,10-16H2,1-3H3/t18-,19+,20-,21+,22+/m0/s1. The van der Waals surface area contributed by atoms with E-state index in [9.17, 15) is 9.90 Å². The van der Waals surface area contributed by atoms with Crippen LogP contribution in [0.2, 0.25) is 0 Å². The fourth-order valence-electron chi connectivity index (χ4n) is 4.89. The third-order valence-electron chi connectivity index (χ3n) is 6.47. The number of carbonyl (C=O) groups is 1. The first-order valence-electron chi connectivity index (χ1n) is 10.9. The summed E-state index contributed by atoms with van der Waals surface area (Å²) in [5, 5.41) is 9.97. The fraction of sp³-hybridized carbons (Fsp3) is 0.708. The van der Waals surface area contributed by atoms with Gasteiger partial charge in [0.1, 0.15) is 6.79 Å². The number of fused-ring (bicyclic) bond motifs is 2. The fourth-order valence-corrected chi connectivity index (χ4v) is 4.89. The Labute approximate surface area is 174 Å². The van der Waals surface area contributed by atoms with E-state index in [1.165, 1.54) is 0 Å². The zero-order valence-corrected chi connectivity index (χ0v) is 18.0. The van der Waals surface area contributed by atoms with Gasteiger partial charge in [0, 0.05) is 6.61 Å². The first kappa shape index (κ1) is 22.3. The zero-order chi connectivity index (χ0) is 20.9. The van der Waals surface area contributed by atoms with Gasteiger partial charge in [-0.1, -0.05) is 36.8 Å². The van der Waals surface area contributed by atoms with Gasteiger partial charge in [0.2, 0.25) is 0 Å². The van der Waals surface area contributed by atoms with E-state index < -0.39 is 5.41 Å². The monoisotopic (exact) mass is 404 g/mol. The van der Waals surface area contributed by atoms with Crippen LogP contribution in [0.1, 0.15) is 52.0 Å². The highest BCUT2D eigenvalue weighted by atomic mass is 16.7. The first-order chi connectivity index (χ1) is 13.9. The molecule has 0 unspecified atom stereocenters. The Morgan fingerprint density at radius 2 is 1.79 bits per heavy atom. The van der Waals surface area contributed by atoms with Crippen molar-refractivity contribution in [2.24, 2.45) is 29.1 Å². The minimum atomic E-state index is -0.499. The van der Waals surface area contributed by atoms with Crippen molar-refractivity contribution in [1.82, 2.24) is 0 Å². The molecule has 162 valence electrons. The van der Waals surface area contributed by atoms with Crippen molar-refractivity contribution in [3.8, 4) is 0 Å². The lowest BCUT2D eigenvalue weighted by atomic mass is 9.60. The Kier molecular flexibility index (Phi) is 7.72. The van der Waals surface area contributed by atoms with Crippen molar-refractivity contribution >= 4 is 5.97 Å². The van der Waals surface area contributed by atoms with Crippen molar-refractivity contribution in [3.63, 3.8) is 0 Å². The number of hydrogen-bond acceptors (Lipinski definition) is 5. The topological polar surface area (TPSA) is 65.0 Å². The van der Waals surface area contributed by atoms with Gasteiger partial charge in [0.15, 0.2) is 0 Å². The number of ether oxygens (including phenoxy) is 3. The normalized spacial score (nSPS) is 29.4. The van der Waals surface area contributed by atoms with Gasteiger partial charge < -0.3 is 19.3 Å². The molecular formula is C24H36O5. The molecule has 0 amide bonds. The second kappa shape index (κ2) is 10.1. The molecule has 3 rings (SSSR count). The van der Waals surface area contributed by atoms with E-state index in [4.69, 9.17) is 14.2 Å². The molecule has 2 aliphatic rings. The van der Waals surface area contributed by atoms with Gasteiger partial charge >= 0.3 is 5.97 Å². The molecule has 2 aliphatic carbocycles. The van der Waals surface area contributed by atoms with E-state index in [2.05, 4.69) is 0 Å². The molecule has 1 aromatic carbocycles. The summed E-state index contributed by atoms with van der Waals surface area (Å²) in [5.41, 5.74) is 0.626. The lowest BCUT2D eigenvalue weighted by Crippen LogP contribution is -2.50. The number of aliphatic hydroxyl groups excluding tert-OH is 1. The second-order valence-electron chi connectivity index (χ2n) is 9.63. The number of aliphatic hydroxyl groups is 1. The van der Waals surface area contributed by atoms with Gasteiger partial charge in [0.25, 0.3) is 0 Å². The molecule has 5 nitrogen and oxygen atoms in total. The molecule has 1 N–H and O–H groups in total. The molecule has 5 heteroatoms. The third-order valence-corrected chi connectivity index (χ3v) is 6.47. The number of esters is 1. The van der Waals surface area contributed by atoms with Crippen LogP contribution < -0.4 is 0 Å². The van der Waals surface area contributed by atoms with Crippen LogP contribution in [0.4, 0.5) is 0 Å². The average molecular weight is 405 g/mol. The predicted octanol–water partition coefficient (Wildman–Crippen LogP) is 4.18. The number of rotatable bonds is 8. The highest BCUT2D eigenvalue weighted by molar-refractivity contribution is 5.75. The summed E-state index contributed by atoms with van der Waals surface area (Å²) < 4.78 is 17.7. The summed E-state index contributed by atoms with van der Waals surface area (Å²) in [6, 6.07) is 10.1. The quantitative estimate of drug-likeness (QED) is 0.400. The average Bonchev–Trinajstić information content (AvgIpc) is 2.70. The highest BCUT2D eigenvalue weighted by Crippen LogP contribution is 2.48. The Hall–Kier alpha value is -1.43. The molecule has 0 saturated heterocycles. The van der Waals surface area contributed by atoms with E-state index in [-0.39, 0.29) is 37.3 Å². The van der Waals surface area contributed by atoms with Gasteiger partial charge in [-0.15, -0.1) is 0 Å². The summed E-state index contributed by atoms with van der Waals surface area (Å²) in [6.45, 7) is 6.97. The molecular weight excluding hydrogens is 368 g/mol. The van der Waals surface area contributed by atoms with E-state index in [0.717, 1.165) is 31.2 Å². The van der Waals surface area contributed by atoms with Gasteiger partial charge in [-0.3, -0.25) is 4.79 Å². The van der Waals surface area contributed by atoms with E-state index in [0.29, 0.717) is 25.0 Å². The van der Waals surface area contributed by atoms with Crippen molar-refractivity contribution in [2.75, 3.05) is 20.0 Å². The molecule has 2 saturated carbocycles. The van der Waals surface area contributed by atoms with Gasteiger partial charge in [-0.25, -0.2) is 0 Å². The maximum Gasteiger partial charge on any atom is 0.311 e. The number of carbonyl (C=O) groups excluding carboxylic acids is 1. The molecule has 1 aromatic rings. The molecule has 2 bridgehead atoms. The van der Waals surface area contributed by atoms with Crippen LogP contribution in [-0.2, 0) is 25.6 Å². The van der Waals surface area contributed by atoms with Crippen LogP contribution in [0.5, 0.6) is 0 Å². The molecule has 0 radical (unpaired) electrons. The minimum absolute atomic E-state index is 0.0590. The molecule has 29 heavy (non-hydrogen) atoms. The van der Waals surface area contributed by atoms with Gasteiger partial charge in [0.05, 0.1) is 24.7 Å². The molecule has 0 spiro atoms. The predicted molar refractivity (Wildman–Crippen MR) is 111 cm³/mol. The maximum atomic E-state index is 12.2. The largest absolute Gasteiger partial charge is 0.465 e. The Morgan fingerprint density at radius 1 is 1.10 bits per heavy atom. The van der Waals surface area contributed by atoms with Crippen LogP contribution in [-0.4, -0.2) is 37.2 Å². The van der Waals surface area contributed by atoms with Crippen molar-refractivity contribution < 1.29 is 24.1 Å². The van der Waals surface area contributed by atoms with Crippen LogP contribution in [0, 0.1) is 29.1 Å². The van der Waals surface area contributed by atoms with Crippen LogP contribution in [0.15, 0.2) is 30.3 Å². The lowest BCUT2D eigenvalue weighted by Gasteiger charge is -2.49. The SMILES string of the molecule is CC(C)(C)C(=O)OC[C@H]1C[C@@H](CO)[C@@H]2CCC[C@H]1[C@@H]2OCOCc1ccccc1. The van der Waals surface area contributed by atoms with Crippen LogP contribution in [0.3, 0.4) is 0 Å². The van der Waals surface area contributed by atoms with Crippen molar-refractivity contribution in [1.29, 1.82) is 0 Å². The van der Waals surface area contributed by atoms with Gasteiger partial charge in [-0.05, 0) is 69.3 Å². The zero-order valence-electron chi connectivity index (χ0n) is 18.0. The minimum Gasteiger partial charge on any atom is -0.465 e. The Balaban J connectivity index is 1.58. The summed E-state index contributed by atoms with van der Waals surface area (Å²) in [5.74, 6) is 0.969. The Bertz CT molecular complexity index is 638. The summed E-state index contributed by atoms with van der Waals surface area (Å²) >= 11 is 0. The maximum absolute atomic E-state index is 12.2. The van der Waals surface area contributed by atoms with Crippen molar-refractivity contribution in [2.45, 2.75) is 59.2 Å². The highest BCUT2D eigenvalue weighted by Gasteiger charge is 2.47. The van der Waals surface area contributed by atoms with E-state index in [1.807, 2.05) is 51.1 Å². The molecule has 5 atom stereocenters. The van der Waals surface area contributed by atoms with E-state index >= 15 is 0 Å². The molecule has 0 aliphatic heterocycles. The van der Waals surface area contributed by atoms with Crippen LogP contribution in [0.25, 0.3) is 0 Å². The van der Waals surface area contributed by atoms with E-state index in [1.54, 1.807) is 0 Å². The number of benzene rings is 1. The summed E-state index contributed by atoms with van der Waals surface area (Å²) in [4.78, 5) is 12.2. The smallest absolute Gasteiger partial charge is 0.311 e. The third kappa shape index (κ3) is 5.80. The molecule has 0 aromatic heterocycles. The first-order valence-corrected chi connectivity index (χ1v) is 10.9. The van der Waals surface area contributed by atoms with Crippen LogP contribution >= 0.6 is 0 Å². The Morgan fingerprint density at radius 3 is 2.45 bits per heavy atom. The lowest BCUT2D eigenvalue weighted by molar-refractivity contribution is -0.186. The molecule has 2 fully saturated rings. The summed E-state index contributed by atoms with van der Waals surface area (Å²) in [7, 11) is 0. The second-order valence-corrected chi connectivity index (χ2v) is 9.63.